The molecule has 154 valence electrons. The van der Waals surface area contributed by atoms with E-state index < -0.39 is 10.1 Å². The summed E-state index contributed by atoms with van der Waals surface area (Å²) in [7, 11) is -4.71. The van der Waals surface area contributed by atoms with Crippen molar-refractivity contribution in [3.05, 3.63) is 90.3 Å². The number of fused-ring (bicyclic) bond motifs is 1. The smallest absolute Gasteiger partial charge is 0.744 e. The predicted molar refractivity (Wildman–Crippen MR) is 120 cm³/mol. The van der Waals surface area contributed by atoms with Crippen molar-refractivity contribution in [3.63, 3.8) is 0 Å². The number of azo groups is 1. The number of benzene rings is 3. The quantitative estimate of drug-likeness (QED) is 0.216. The summed E-state index contributed by atoms with van der Waals surface area (Å²) in [6.07, 6.45) is 5.36. The van der Waals surface area contributed by atoms with Gasteiger partial charge in [-0.1, -0.05) is 60.7 Å². The van der Waals surface area contributed by atoms with Crippen LogP contribution >= 0.6 is 0 Å². The zero-order valence-corrected chi connectivity index (χ0v) is 20.0. The zero-order valence-electron chi connectivity index (χ0n) is 17.2. The number of hydrogen-bond donors (Lipinski definition) is 1. The van der Waals surface area contributed by atoms with Gasteiger partial charge < -0.3 is 10.3 Å². The Hall–Kier alpha value is -2.88. The molecule has 0 saturated heterocycles. The first-order chi connectivity index (χ1) is 14.9. The Morgan fingerprint density at radius 3 is 2.22 bits per heavy atom. The summed E-state index contributed by atoms with van der Waals surface area (Å²) in [5.41, 5.74) is 8.73. The molecule has 0 unspecified atom stereocenters. The minimum atomic E-state index is -4.71. The SMILES string of the molecule is Nc1c(N=Nc2ccc(C=Cc3ccccc3)nc2)cc(S(=O)(=O)[O-])c2ccccc12.[Na+]. The summed E-state index contributed by atoms with van der Waals surface area (Å²) in [6, 6.07) is 21.0. The fourth-order valence-corrected chi connectivity index (χ4v) is 3.76. The second-order valence-corrected chi connectivity index (χ2v) is 8.04. The summed E-state index contributed by atoms with van der Waals surface area (Å²) in [4.78, 5) is 3.93. The average Bonchev–Trinajstić information content (AvgIpc) is 2.78. The van der Waals surface area contributed by atoms with E-state index in [2.05, 4.69) is 15.2 Å². The molecule has 0 spiro atoms. The molecule has 3 aromatic carbocycles. The maximum absolute atomic E-state index is 11.7. The van der Waals surface area contributed by atoms with Gasteiger partial charge in [0.2, 0.25) is 0 Å². The Bertz CT molecular complexity index is 1400. The van der Waals surface area contributed by atoms with Gasteiger partial charge in [0.1, 0.15) is 21.5 Å². The minimum absolute atomic E-state index is 0. The summed E-state index contributed by atoms with van der Waals surface area (Å²) < 4.78 is 35.1. The van der Waals surface area contributed by atoms with Gasteiger partial charge in [-0.15, -0.1) is 10.2 Å². The van der Waals surface area contributed by atoms with Gasteiger partial charge in [-0.25, -0.2) is 8.42 Å². The molecule has 1 aromatic heterocycles. The van der Waals surface area contributed by atoms with Crippen LogP contribution < -0.4 is 35.3 Å². The number of pyridine rings is 1. The molecule has 32 heavy (non-hydrogen) atoms. The minimum Gasteiger partial charge on any atom is -0.744 e. The first-order valence-corrected chi connectivity index (χ1v) is 10.7. The molecule has 0 saturated carbocycles. The normalized spacial score (nSPS) is 11.8. The number of rotatable bonds is 5. The van der Waals surface area contributed by atoms with Crippen LogP contribution in [0.4, 0.5) is 17.1 Å². The monoisotopic (exact) mass is 452 g/mol. The number of nitrogen functional groups attached to an aromatic ring is 1. The van der Waals surface area contributed by atoms with Gasteiger partial charge in [0.15, 0.2) is 0 Å². The molecule has 7 nitrogen and oxygen atoms in total. The number of nitrogens with zero attached hydrogens (tertiary/aromatic N) is 3. The van der Waals surface area contributed by atoms with E-state index in [1.54, 1.807) is 30.3 Å². The number of aromatic nitrogens is 1. The van der Waals surface area contributed by atoms with Crippen LogP contribution in [-0.4, -0.2) is 18.0 Å². The van der Waals surface area contributed by atoms with E-state index >= 15 is 0 Å². The predicted octanol–water partition coefficient (Wildman–Crippen LogP) is 2.31. The topological polar surface area (TPSA) is 121 Å². The molecule has 4 aromatic rings. The van der Waals surface area contributed by atoms with Crippen molar-refractivity contribution in [2.75, 3.05) is 5.73 Å². The van der Waals surface area contributed by atoms with Crippen LogP contribution in [0.25, 0.3) is 22.9 Å². The Kier molecular flexibility index (Phi) is 7.55. The van der Waals surface area contributed by atoms with Crippen LogP contribution in [0.15, 0.2) is 94.1 Å². The van der Waals surface area contributed by atoms with Crippen molar-refractivity contribution >= 4 is 50.1 Å². The van der Waals surface area contributed by atoms with Gasteiger partial charge in [0, 0.05) is 10.8 Å². The Labute approximate surface area is 207 Å². The zero-order chi connectivity index (χ0) is 21.8. The Morgan fingerprint density at radius 2 is 1.56 bits per heavy atom. The van der Waals surface area contributed by atoms with Crippen LogP contribution in [0.3, 0.4) is 0 Å². The van der Waals surface area contributed by atoms with E-state index in [1.807, 2.05) is 42.5 Å². The second kappa shape index (κ2) is 10.2. The first kappa shape index (κ1) is 23.8. The van der Waals surface area contributed by atoms with Crippen molar-refractivity contribution in [2.24, 2.45) is 10.2 Å². The molecule has 0 amide bonds. The third-order valence-corrected chi connectivity index (χ3v) is 5.46. The Balaban J connectivity index is 0.00000289. The van der Waals surface area contributed by atoms with Crippen molar-refractivity contribution in [1.82, 2.24) is 4.98 Å². The molecular formula is C23H17N4NaO3S. The molecule has 0 fully saturated rings. The van der Waals surface area contributed by atoms with Gasteiger partial charge in [-0.2, -0.15) is 0 Å². The van der Waals surface area contributed by atoms with Gasteiger partial charge in [-0.05, 0) is 29.8 Å². The van der Waals surface area contributed by atoms with Gasteiger partial charge >= 0.3 is 29.6 Å². The summed E-state index contributed by atoms with van der Waals surface area (Å²) in [5, 5.41) is 8.83. The number of nitrogens with two attached hydrogens (primary N) is 1. The molecule has 2 N–H and O–H groups in total. The van der Waals surface area contributed by atoms with E-state index in [0.717, 1.165) is 17.3 Å². The molecule has 0 aliphatic rings. The fourth-order valence-electron chi connectivity index (χ4n) is 3.05. The first-order valence-electron chi connectivity index (χ1n) is 9.30. The van der Waals surface area contributed by atoms with Gasteiger partial charge in [0.05, 0.1) is 22.5 Å². The molecule has 4 rings (SSSR count). The second-order valence-electron chi connectivity index (χ2n) is 6.69. The van der Waals surface area contributed by atoms with Gasteiger partial charge in [0.25, 0.3) is 0 Å². The molecule has 0 radical (unpaired) electrons. The molecule has 0 aliphatic heterocycles. The summed E-state index contributed by atoms with van der Waals surface area (Å²) >= 11 is 0. The van der Waals surface area contributed by atoms with E-state index in [1.165, 1.54) is 12.3 Å². The molecule has 0 atom stereocenters. The van der Waals surface area contributed by atoms with Crippen LogP contribution in [-0.2, 0) is 10.1 Å². The van der Waals surface area contributed by atoms with Crippen molar-refractivity contribution in [2.45, 2.75) is 4.90 Å². The van der Waals surface area contributed by atoms with Crippen molar-refractivity contribution in [3.8, 4) is 0 Å². The molecule has 1 heterocycles. The maximum atomic E-state index is 11.7. The molecule has 0 bridgehead atoms. The van der Waals surface area contributed by atoms with Crippen LogP contribution in [0.1, 0.15) is 11.3 Å². The van der Waals surface area contributed by atoms with E-state index in [9.17, 15) is 13.0 Å². The average molecular weight is 452 g/mol. The standard InChI is InChI=1S/C23H18N4O3S.Na/c24-23-20-9-5-4-8-19(20)22(31(28,29)30)14-21(23)27-26-18-13-12-17(25-15-18)11-10-16-6-2-1-3-7-16;/h1-15H,24H2,(H,28,29,30);/q;+1/p-1. The Morgan fingerprint density at radius 1 is 0.875 bits per heavy atom. The van der Waals surface area contributed by atoms with E-state index in [4.69, 9.17) is 5.73 Å². The number of anilines is 1. The maximum Gasteiger partial charge on any atom is 1.00 e. The van der Waals surface area contributed by atoms with Crippen molar-refractivity contribution < 1.29 is 42.5 Å². The molecule has 0 aliphatic carbocycles. The van der Waals surface area contributed by atoms with Crippen LogP contribution in [0.5, 0.6) is 0 Å². The third-order valence-electron chi connectivity index (χ3n) is 4.59. The summed E-state index contributed by atoms with van der Waals surface area (Å²) in [5.74, 6) is 0. The van der Waals surface area contributed by atoms with Crippen LogP contribution in [0, 0.1) is 0 Å². The van der Waals surface area contributed by atoms with Gasteiger partial charge in [-0.3, -0.25) is 4.98 Å². The fraction of sp³-hybridized carbons (Fsp3) is 0. The number of hydrogen-bond acceptors (Lipinski definition) is 7. The third kappa shape index (κ3) is 5.48. The molecule has 9 heteroatoms. The molecular weight excluding hydrogens is 435 g/mol. The van der Waals surface area contributed by atoms with Crippen molar-refractivity contribution in [1.29, 1.82) is 0 Å². The summed E-state index contributed by atoms with van der Waals surface area (Å²) in [6.45, 7) is 0. The van der Waals surface area contributed by atoms with Crippen LogP contribution in [0.2, 0.25) is 0 Å². The largest absolute Gasteiger partial charge is 1.00 e. The van der Waals surface area contributed by atoms with E-state index in [-0.39, 0.29) is 51.2 Å². The van der Waals surface area contributed by atoms with E-state index in [0.29, 0.717) is 11.1 Å².